The summed E-state index contributed by atoms with van der Waals surface area (Å²) in [6, 6.07) is 0. The maximum absolute atomic E-state index is 6.07. The van der Waals surface area contributed by atoms with Crippen molar-refractivity contribution in [3.63, 3.8) is 0 Å². The lowest BCUT2D eigenvalue weighted by atomic mass is 9.86. The van der Waals surface area contributed by atoms with E-state index >= 15 is 0 Å². The molecule has 2 atom stereocenters. The average molecular weight is 172 g/mol. The van der Waals surface area contributed by atoms with Gasteiger partial charge in [-0.05, 0) is 19.3 Å². The second kappa shape index (κ2) is 4.21. The van der Waals surface area contributed by atoms with Gasteiger partial charge in [0.05, 0.1) is 6.10 Å². The van der Waals surface area contributed by atoms with Gasteiger partial charge >= 0.3 is 0 Å². The first-order valence-corrected chi connectivity index (χ1v) is 4.81. The topological polar surface area (TPSA) is 61.3 Å². The van der Waals surface area contributed by atoms with Crippen LogP contribution < -0.4 is 11.5 Å². The van der Waals surface area contributed by atoms with Gasteiger partial charge in [0.1, 0.15) is 0 Å². The average Bonchev–Trinajstić information content (AvgIpc) is 2.05. The predicted molar refractivity (Wildman–Crippen MR) is 49.9 cm³/mol. The van der Waals surface area contributed by atoms with Crippen LogP contribution in [0.3, 0.4) is 0 Å². The summed E-state index contributed by atoms with van der Waals surface area (Å²) in [7, 11) is 0. The minimum absolute atomic E-state index is 0.155. The SMILES string of the molecule is CCCC1CC(N)(CN)CCO1. The Bertz CT molecular complexity index is 138. The summed E-state index contributed by atoms with van der Waals surface area (Å²) in [5.41, 5.74) is 11.5. The Morgan fingerprint density at radius 2 is 2.33 bits per heavy atom. The first-order chi connectivity index (χ1) is 5.70. The molecule has 72 valence electrons. The highest BCUT2D eigenvalue weighted by atomic mass is 16.5. The molecule has 3 nitrogen and oxygen atoms in total. The highest BCUT2D eigenvalue weighted by Gasteiger charge is 2.31. The second-order valence-electron chi connectivity index (χ2n) is 3.80. The smallest absolute Gasteiger partial charge is 0.0593 e. The van der Waals surface area contributed by atoms with Gasteiger partial charge in [0.15, 0.2) is 0 Å². The van der Waals surface area contributed by atoms with Gasteiger partial charge in [0, 0.05) is 18.7 Å². The molecule has 1 heterocycles. The maximum Gasteiger partial charge on any atom is 0.0593 e. The van der Waals surface area contributed by atoms with E-state index in [1.54, 1.807) is 0 Å². The summed E-state index contributed by atoms with van der Waals surface area (Å²) in [6.45, 7) is 3.52. The fourth-order valence-electron chi connectivity index (χ4n) is 1.74. The molecule has 1 saturated heterocycles. The Hall–Kier alpha value is -0.120. The second-order valence-corrected chi connectivity index (χ2v) is 3.80. The fraction of sp³-hybridized carbons (Fsp3) is 1.00. The van der Waals surface area contributed by atoms with Crippen LogP contribution in [-0.2, 0) is 4.74 Å². The van der Waals surface area contributed by atoms with Crippen LogP contribution in [0.15, 0.2) is 0 Å². The lowest BCUT2D eigenvalue weighted by molar-refractivity contribution is -0.0205. The molecule has 0 aromatic heterocycles. The predicted octanol–water partition coefficient (Wildman–Crippen LogP) is 0.622. The molecule has 2 unspecified atom stereocenters. The van der Waals surface area contributed by atoms with E-state index in [9.17, 15) is 0 Å². The molecule has 0 spiro atoms. The van der Waals surface area contributed by atoms with Crippen LogP contribution in [0.1, 0.15) is 32.6 Å². The number of hydrogen-bond donors (Lipinski definition) is 2. The molecule has 0 aromatic carbocycles. The molecule has 0 radical (unpaired) electrons. The van der Waals surface area contributed by atoms with Crippen LogP contribution in [0.5, 0.6) is 0 Å². The molecule has 0 aliphatic carbocycles. The van der Waals surface area contributed by atoms with Crippen molar-refractivity contribution in [3.8, 4) is 0 Å². The molecule has 1 fully saturated rings. The highest BCUT2D eigenvalue weighted by molar-refractivity contribution is 4.90. The molecule has 1 rings (SSSR count). The highest BCUT2D eigenvalue weighted by Crippen LogP contribution is 2.23. The van der Waals surface area contributed by atoms with Crippen LogP contribution in [0.25, 0.3) is 0 Å². The Balaban J connectivity index is 2.39. The number of ether oxygens (including phenoxy) is 1. The third-order valence-corrected chi connectivity index (χ3v) is 2.60. The summed E-state index contributed by atoms with van der Waals surface area (Å²) in [5, 5.41) is 0. The van der Waals surface area contributed by atoms with E-state index in [0.29, 0.717) is 12.6 Å². The van der Waals surface area contributed by atoms with Crippen molar-refractivity contribution in [1.29, 1.82) is 0 Å². The van der Waals surface area contributed by atoms with Crippen molar-refractivity contribution in [2.75, 3.05) is 13.2 Å². The van der Waals surface area contributed by atoms with Crippen LogP contribution in [0.2, 0.25) is 0 Å². The lowest BCUT2D eigenvalue weighted by Crippen LogP contribution is -2.53. The van der Waals surface area contributed by atoms with Crippen molar-refractivity contribution >= 4 is 0 Å². The summed E-state index contributed by atoms with van der Waals surface area (Å²) >= 11 is 0. The van der Waals surface area contributed by atoms with Crippen molar-refractivity contribution in [3.05, 3.63) is 0 Å². The van der Waals surface area contributed by atoms with Crippen molar-refractivity contribution in [1.82, 2.24) is 0 Å². The summed E-state index contributed by atoms with van der Waals surface area (Å²) in [4.78, 5) is 0. The van der Waals surface area contributed by atoms with Crippen LogP contribution in [-0.4, -0.2) is 24.8 Å². The largest absolute Gasteiger partial charge is 0.378 e. The van der Waals surface area contributed by atoms with E-state index in [0.717, 1.165) is 32.3 Å². The van der Waals surface area contributed by atoms with Gasteiger partial charge in [-0.15, -0.1) is 0 Å². The third-order valence-electron chi connectivity index (χ3n) is 2.60. The first kappa shape index (κ1) is 9.96. The third kappa shape index (κ3) is 2.44. The number of rotatable bonds is 3. The normalized spacial score (nSPS) is 36.8. The molecule has 12 heavy (non-hydrogen) atoms. The van der Waals surface area contributed by atoms with E-state index in [1.165, 1.54) is 0 Å². The van der Waals surface area contributed by atoms with Gasteiger partial charge < -0.3 is 16.2 Å². The van der Waals surface area contributed by atoms with E-state index in [2.05, 4.69) is 6.92 Å². The first-order valence-electron chi connectivity index (χ1n) is 4.81. The van der Waals surface area contributed by atoms with Gasteiger partial charge in [0.25, 0.3) is 0 Å². The number of nitrogens with two attached hydrogens (primary N) is 2. The van der Waals surface area contributed by atoms with E-state index in [1.807, 2.05) is 0 Å². The Morgan fingerprint density at radius 1 is 1.58 bits per heavy atom. The molecule has 0 amide bonds. The molecule has 3 heteroatoms. The van der Waals surface area contributed by atoms with E-state index in [-0.39, 0.29) is 5.54 Å². The lowest BCUT2D eigenvalue weighted by Gasteiger charge is -2.37. The van der Waals surface area contributed by atoms with Crippen LogP contribution >= 0.6 is 0 Å². The zero-order valence-electron chi connectivity index (χ0n) is 7.88. The van der Waals surface area contributed by atoms with Crippen molar-refractivity contribution < 1.29 is 4.74 Å². The van der Waals surface area contributed by atoms with Crippen molar-refractivity contribution in [2.45, 2.75) is 44.2 Å². The molecular weight excluding hydrogens is 152 g/mol. The zero-order valence-corrected chi connectivity index (χ0v) is 7.88. The fourth-order valence-corrected chi connectivity index (χ4v) is 1.74. The van der Waals surface area contributed by atoms with Crippen LogP contribution in [0, 0.1) is 0 Å². The standard InChI is InChI=1S/C9H20N2O/c1-2-3-8-6-9(11,7-10)4-5-12-8/h8H,2-7,10-11H2,1H3. The quantitative estimate of drug-likeness (QED) is 0.656. The van der Waals surface area contributed by atoms with E-state index < -0.39 is 0 Å². The Morgan fingerprint density at radius 3 is 2.92 bits per heavy atom. The van der Waals surface area contributed by atoms with Crippen LogP contribution in [0.4, 0.5) is 0 Å². The van der Waals surface area contributed by atoms with Gasteiger partial charge in [-0.1, -0.05) is 13.3 Å². The van der Waals surface area contributed by atoms with Gasteiger partial charge in [-0.2, -0.15) is 0 Å². The molecule has 1 aliphatic heterocycles. The monoisotopic (exact) mass is 172 g/mol. The Kier molecular flexibility index (Phi) is 3.50. The molecule has 0 bridgehead atoms. The zero-order chi connectivity index (χ0) is 9.03. The molecule has 0 aromatic rings. The molecule has 0 saturated carbocycles. The van der Waals surface area contributed by atoms with Crippen molar-refractivity contribution in [2.24, 2.45) is 11.5 Å². The van der Waals surface area contributed by atoms with E-state index in [4.69, 9.17) is 16.2 Å². The minimum atomic E-state index is -0.155. The molecule has 1 aliphatic rings. The van der Waals surface area contributed by atoms with Gasteiger partial charge in [0.2, 0.25) is 0 Å². The molecular formula is C9H20N2O. The number of hydrogen-bond acceptors (Lipinski definition) is 3. The minimum Gasteiger partial charge on any atom is -0.378 e. The Labute approximate surface area is 74.4 Å². The maximum atomic E-state index is 6.07. The summed E-state index contributed by atoms with van der Waals surface area (Å²) < 4.78 is 5.58. The van der Waals surface area contributed by atoms with Gasteiger partial charge in [-0.25, -0.2) is 0 Å². The summed E-state index contributed by atoms with van der Waals surface area (Å²) in [6.07, 6.45) is 4.45. The summed E-state index contributed by atoms with van der Waals surface area (Å²) in [5.74, 6) is 0. The molecule has 4 N–H and O–H groups in total. The van der Waals surface area contributed by atoms with Gasteiger partial charge in [-0.3, -0.25) is 0 Å².